The van der Waals surface area contributed by atoms with Gasteiger partial charge in [-0.25, -0.2) is 19.7 Å². The molecule has 1 unspecified atom stereocenters. The molecule has 2 N–H and O–H groups in total. The molecule has 5 rings (SSSR count). The molecule has 0 saturated carbocycles. The Bertz CT molecular complexity index is 1370. The Labute approximate surface area is 213 Å². The van der Waals surface area contributed by atoms with E-state index in [1.54, 1.807) is 18.5 Å². The number of piperazine rings is 1. The number of nitrogens with zero attached hydrogens (tertiary/aromatic N) is 6. The van der Waals surface area contributed by atoms with Gasteiger partial charge in [-0.05, 0) is 37.3 Å². The maximum atomic E-state index is 13.3. The van der Waals surface area contributed by atoms with Crippen molar-refractivity contribution in [2.24, 2.45) is 0 Å². The first-order chi connectivity index (χ1) is 18.0. The van der Waals surface area contributed by atoms with Gasteiger partial charge in [0.15, 0.2) is 0 Å². The molecule has 11 heteroatoms. The van der Waals surface area contributed by atoms with E-state index < -0.39 is 5.82 Å². The number of hydrogen-bond acceptors (Lipinski definition) is 7. The number of halogens is 1. The van der Waals surface area contributed by atoms with Crippen LogP contribution < -0.4 is 20.7 Å². The van der Waals surface area contributed by atoms with Crippen LogP contribution >= 0.6 is 0 Å². The normalized spacial score (nSPS) is 14.9. The molecule has 0 bridgehead atoms. The van der Waals surface area contributed by atoms with Crippen molar-refractivity contribution in [3.05, 3.63) is 67.0 Å². The molecule has 0 spiro atoms. The molecule has 1 aliphatic heterocycles. The molecule has 3 heterocycles. The van der Waals surface area contributed by atoms with Gasteiger partial charge in [0.05, 0.1) is 17.4 Å². The van der Waals surface area contributed by atoms with Gasteiger partial charge in [-0.1, -0.05) is 6.07 Å². The average molecular weight is 504 g/mol. The molecular formula is C26H28FN8O2. The van der Waals surface area contributed by atoms with Gasteiger partial charge in [0.1, 0.15) is 36.9 Å². The van der Waals surface area contributed by atoms with E-state index in [1.165, 1.54) is 29.2 Å². The van der Waals surface area contributed by atoms with Crippen molar-refractivity contribution in [3.8, 4) is 5.75 Å². The monoisotopic (exact) mass is 503 g/mol. The van der Waals surface area contributed by atoms with Crippen LogP contribution in [0.4, 0.5) is 21.6 Å². The highest BCUT2D eigenvalue weighted by atomic mass is 19.1. The first kappa shape index (κ1) is 24.6. The van der Waals surface area contributed by atoms with Crippen LogP contribution in [-0.2, 0) is 11.3 Å². The summed E-state index contributed by atoms with van der Waals surface area (Å²) in [4.78, 5) is 23.5. The highest BCUT2D eigenvalue weighted by Gasteiger charge is 2.17. The highest BCUT2D eigenvalue weighted by Crippen LogP contribution is 2.26. The van der Waals surface area contributed by atoms with Gasteiger partial charge < -0.3 is 15.4 Å². The van der Waals surface area contributed by atoms with Gasteiger partial charge >= 0.3 is 0 Å². The van der Waals surface area contributed by atoms with E-state index in [1.807, 2.05) is 18.2 Å². The van der Waals surface area contributed by atoms with E-state index in [2.05, 4.69) is 42.8 Å². The second-order valence-electron chi connectivity index (χ2n) is 8.88. The Morgan fingerprint density at radius 2 is 2.00 bits per heavy atom. The number of amides is 1. The number of hydrogen-bond donors (Lipinski definition) is 2. The lowest BCUT2D eigenvalue weighted by molar-refractivity contribution is -0.116. The molecule has 2 aromatic heterocycles. The van der Waals surface area contributed by atoms with Crippen LogP contribution in [0.1, 0.15) is 6.92 Å². The lowest BCUT2D eigenvalue weighted by Gasteiger charge is -2.31. The lowest BCUT2D eigenvalue weighted by atomic mass is 10.2. The van der Waals surface area contributed by atoms with Gasteiger partial charge in [-0.3, -0.25) is 14.4 Å². The van der Waals surface area contributed by atoms with E-state index >= 15 is 0 Å². The predicted octanol–water partition coefficient (Wildman–Crippen LogP) is 3.04. The van der Waals surface area contributed by atoms with Gasteiger partial charge in [0, 0.05) is 55.6 Å². The van der Waals surface area contributed by atoms with Gasteiger partial charge in [0.25, 0.3) is 0 Å². The van der Waals surface area contributed by atoms with Crippen molar-refractivity contribution in [3.63, 3.8) is 0 Å². The molecular weight excluding hydrogens is 475 g/mol. The summed E-state index contributed by atoms with van der Waals surface area (Å²) in [5, 5.41) is 15.4. The molecule has 1 amide bonds. The van der Waals surface area contributed by atoms with Gasteiger partial charge in [-0.15, -0.1) is 0 Å². The third kappa shape index (κ3) is 6.38. The number of benzene rings is 2. The van der Waals surface area contributed by atoms with Crippen LogP contribution in [0.15, 0.2) is 61.2 Å². The van der Waals surface area contributed by atoms with Crippen LogP contribution in [-0.4, -0.2) is 69.4 Å². The molecule has 2 aromatic carbocycles. The Morgan fingerprint density at radius 3 is 2.84 bits per heavy atom. The molecule has 1 saturated heterocycles. The van der Waals surface area contributed by atoms with E-state index in [4.69, 9.17) is 4.74 Å². The minimum absolute atomic E-state index is 0.0198. The van der Waals surface area contributed by atoms with Crippen molar-refractivity contribution < 1.29 is 13.9 Å². The molecule has 1 atom stereocenters. The van der Waals surface area contributed by atoms with Crippen LogP contribution in [0.5, 0.6) is 5.75 Å². The third-order valence-electron chi connectivity index (χ3n) is 6.12. The summed E-state index contributed by atoms with van der Waals surface area (Å²) in [6, 6.07) is 11.8. The zero-order valence-electron chi connectivity index (χ0n) is 20.5. The fourth-order valence-electron chi connectivity index (χ4n) is 4.18. The van der Waals surface area contributed by atoms with Gasteiger partial charge in [0.2, 0.25) is 5.91 Å². The number of carbonyl (C=O) groups is 1. The molecule has 0 aliphatic carbocycles. The fourth-order valence-corrected chi connectivity index (χ4v) is 4.18. The second-order valence-corrected chi connectivity index (χ2v) is 8.88. The maximum Gasteiger partial charge on any atom is 0.246 e. The lowest BCUT2D eigenvalue weighted by Crippen LogP contribution is -2.47. The van der Waals surface area contributed by atoms with Crippen molar-refractivity contribution in [2.75, 3.05) is 43.4 Å². The number of rotatable bonds is 9. The fraction of sp³-hybridized carbons (Fsp3) is 0.308. The summed E-state index contributed by atoms with van der Waals surface area (Å²) in [7, 11) is 0. The van der Waals surface area contributed by atoms with Crippen molar-refractivity contribution in [1.82, 2.24) is 30.0 Å². The minimum atomic E-state index is -0.414. The summed E-state index contributed by atoms with van der Waals surface area (Å²) in [5.74, 6) is 0.640. The first-order valence-corrected chi connectivity index (χ1v) is 12.1. The molecule has 4 aromatic rings. The SMILES string of the molecule is CC(COc1ccc2c(Nc3cnn(CC(=O)Nc4cccc(F)c4)c3)ncnc2c1)N1CC[N]CC1. The van der Waals surface area contributed by atoms with Crippen LogP contribution in [0.3, 0.4) is 0 Å². The number of carbonyl (C=O) groups excluding carboxylic acids is 1. The second kappa shape index (κ2) is 11.3. The number of ether oxygens (including phenoxy) is 1. The number of fused-ring (bicyclic) bond motifs is 1. The van der Waals surface area contributed by atoms with E-state index in [-0.39, 0.29) is 12.5 Å². The Hall–Kier alpha value is -4.09. The van der Waals surface area contributed by atoms with Crippen molar-refractivity contribution in [2.45, 2.75) is 19.5 Å². The smallest absolute Gasteiger partial charge is 0.246 e. The summed E-state index contributed by atoms with van der Waals surface area (Å²) >= 11 is 0. The van der Waals surface area contributed by atoms with E-state index in [0.717, 1.165) is 42.8 Å². The molecule has 191 valence electrons. The molecule has 1 fully saturated rings. The zero-order valence-corrected chi connectivity index (χ0v) is 20.5. The summed E-state index contributed by atoms with van der Waals surface area (Å²) in [6.07, 6.45) is 4.80. The largest absolute Gasteiger partial charge is 0.492 e. The topological polar surface area (TPSA) is 111 Å². The predicted molar refractivity (Wildman–Crippen MR) is 138 cm³/mol. The first-order valence-electron chi connectivity index (χ1n) is 12.1. The van der Waals surface area contributed by atoms with Crippen molar-refractivity contribution in [1.29, 1.82) is 0 Å². The van der Waals surface area contributed by atoms with Gasteiger partial charge in [-0.2, -0.15) is 5.10 Å². The standard InChI is InChI=1S/C26H28FN8O2/c1-18(34-9-7-28-8-10-34)16-37-22-5-6-23-24(12-22)29-17-30-26(23)33-21-13-31-35(14-21)15-25(36)32-20-4-2-3-19(27)11-20/h2-6,11-14,17-18H,7-10,15-16H2,1H3,(H,32,36)(H,29,30,33). The zero-order chi connectivity index (χ0) is 25.6. The highest BCUT2D eigenvalue weighted by molar-refractivity contribution is 5.92. The molecule has 1 radical (unpaired) electrons. The number of aromatic nitrogens is 4. The van der Waals surface area contributed by atoms with Crippen LogP contribution in [0.2, 0.25) is 0 Å². The molecule has 10 nitrogen and oxygen atoms in total. The average Bonchev–Trinajstić information content (AvgIpc) is 3.34. The molecule has 37 heavy (non-hydrogen) atoms. The molecule has 1 aliphatic rings. The number of nitrogens with one attached hydrogen (secondary N) is 2. The Kier molecular flexibility index (Phi) is 7.52. The summed E-state index contributed by atoms with van der Waals surface area (Å²) < 4.78 is 20.9. The Balaban J connectivity index is 1.20. The van der Waals surface area contributed by atoms with E-state index in [0.29, 0.717) is 29.8 Å². The maximum absolute atomic E-state index is 13.3. The quantitative estimate of drug-likeness (QED) is 0.361. The van der Waals surface area contributed by atoms with Crippen molar-refractivity contribution >= 4 is 34.0 Å². The van der Waals surface area contributed by atoms with Crippen LogP contribution in [0.25, 0.3) is 10.9 Å². The summed E-state index contributed by atoms with van der Waals surface area (Å²) in [6.45, 7) is 6.45. The number of anilines is 3. The Morgan fingerprint density at radius 1 is 1.14 bits per heavy atom. The van der Waals surface area contributed by atoms with E-state index in [9.17, 15) is 9.18 Å². The van der Waals surface area contributed by atoms with Crippen LogP contribution in [0, 0.1) is 5.82 Å². The minimum Gasteiger partial charge on any atom is -0.492 e. The third-order valence-corrected chi connectivity index (χ3v) is 6.12. The summed E-state index contributed by atoms with van der Waals surface area (Å²) in [5.41, 5.74) is 1.81.